The quantitative estimate of drug-likeness (QED) is 0.777. The highest BCUT2D eigenvalue weighted by molar-refractivity contribution is 5.40. The van der Waals surface area contributed by atoms with Crippen molar-refractivity contribution < 1.29 is 4.74 Å². The minimum absolute atomic E-state index is 0.146. The summed E-state index contributed by atoms with van der Waals surface area (Å²) in [5, 5.41) is 0. The fourth-order valence-electron chi connectivity index (χ4n) is 2.07. The molecule has 0 aliphatic carbocycles. The highest BCUT2D eigenvalue weighted by Crippen LogP contribution is 2.30. The topological polar surface area (TPSA) is 35.2 Å². The summed E-state index contributed by atoms with van der Waals surface area (Å²) in [5.41, 5.74) is 8.68. The first kappa shape index (κ1) is 15.0. The molecule has 0 aliphatic rings. The highest BCUT2D eigenvalue weighted by Gasteiger charge is 2.12. The number of nitrogens with two attached hydrogens (primary N) is 1. The minimum atomic E-state index is 0.146. The van der Waals surface area contributed by atoms with E-state index in [0.29, 0.717) is 5.92 Å². The maximum absolute atomic E-state index is 6.18. The van der Waals surface area contributed by atoms with Crippen molar-refractivity contribution in [2.24, 2.45) is 5.73 Å². The van der Waals surface area contributed by atoms with Gasteiger partial charge in [-0.15, -0.1) is 0 Å². The second kappa shape index (κ2) is 7.42. The molecule has 1 rings (SSSR count). The van der Waals surface area contributed by atoms with Crippen LogP contribution in [-0.2, 0) is 0 Å². The Morgan fingerprint density at radius 2 is 1.89 bits per heavy atom. The molecule has 0 aliphatic heterocycles. The Balaban J connectivity index is 2.95. The number of hydrogen-bond donors (Lipinski definition) is 1. The van der Waals surface area contributed by atoms with E-state index < -0.39 is 0 Å². The monoisotopic (exact) mass is 249 g/mol. The summed E-state index contributed by atoms with van der Waals surface area (Å²) in [7, 11) is 0. The highest BCUT2D eigenvalue weighted by atomic mass is 16.5. The van der Waals surface area contributed by atoms with E-state index in [-0.39, 0.29) is 6.04 Å². The molecule has 102 valence electrons. The lowest BCUT2D eigenvalue weighted by molar-refractivity contribution is 0.313. The number of benzene rings is 1. The van der Waals surface area contributed by atoms with Gasteiger partial charge in [0.15, 0.2) is 0 Å². The van der Waals surface area contributed by atoms with Crippen molar-refractivity contribution in [2.45, 2.75) is 58.9 Å². The standard InChI is InChI=1S/C16H27NO/c1-5-7-15(17)13-8-9-16(18-10-6-2)14(11-13)12(3)4/h8-9,11-12,15H,5-7,10,17H2,1-4H3. The Bertz CT molecular complexity index is 360. The van der Waals surface area contributed by atoms with Crippen molar-refractivity contribution in [3.63, 3.8) is 0 Å². The molecule has 2 N–H and O–H groups in total. The van der Waals surface area contributed by atoms with Crippen LogP contribution in [0, 0.1) is 0 Å². The van der Waals surface area contributed by atoms with E-state index in [0.717, 1.165) is 31.6 Å². The van der Waals surface area contributed by atoms with Crippen LogP contribution in [0.25, 0.3) is 0 Å². The zero-order valence-corrected chi connectivity index (χ0v) is 12.2. The van der Waals surface area contributed by atoms with Crippen molar-refractivity contribution in [3.05, 3.63) is 29.3 Å². The summed E-state index contributed by atoms with van der Waals surface area (Å²) >= 11 is 0. The fourth-order valence-corrected chi connectivity index (χ4v) is 2.07. The Labute approximate surface area is 112 Å². The van der Waals surface area contributed by atoms with Gasteiger partial charge >= 0.3 is 0 Å². The van der Waals surface area contributed by atoms with E-state index in [9.17, 15) is 0 Å². The molecule has 1 aromatic rings. The van der Waals surface area contributed by atoms with Crippen LogP contribution in [-0.4, -0.2) is 6.61 Å². The molecule has 0 heterocycles. The smallest absolute Gasteiger partial charge is 0.122 e. The molecule has 1 atom stereocenters. The fraction of sp³-hybridized carbons (Fsp3) is 0.625. The Kier molecular flexibility index (Phi) is 6.20. The summed E-state index contributed by atoms with van der Waals surface area (Å²) in [6, 6.07) is 6.55. The Morgan fingerprint density at radius 3 is 2.44 bits per heavy atom. The van der Waals surface area contributed by atoms with Gasteiger partial charge in [0.25, 0.3) is 0 Å². The second-order valence-electron chi connectivity index (χ2n) is 5.20. The second-order valence-corrected chi connectivity index (χ2v) is 5.20. The van der Waals surface area contributed by atoms with Crippen LogP contribution in [0.4, 0.5) is 0 Å². The summed E-state index contributed by atoms with van der Waals surface area (Å²) in [6.45, 7) is 9.47. The van der Waals surface area contributed by atoms with Crippen LogP contribution in [0.5, 0.6) is 5.75 Å². The third-order valence-electron chi connectivity index (χ3n) is 3.15. The van der Waals surface area contributed by atoms with Gasteiger partial charge in [0.05, 0.1) is 6.61 Å². The molecular formula is C16H27NO. The molecule has 0 bridgehead atoms. The van der Waals surface area contributed by atoms with Crippen molar-refractivity contribution >= 4 is 0 Å². The molecule has 1 unspecified atom stereocenters. The molecule has 1 aromatic carbocycles. The molecule has 0 amide bonds. The normalized spacial score (nSPS) is 12.8. The summed E-state index contributed by atoms with van der Waals surface area (Å²) in [4.78, 5) is 0. The minimum Gasteiger partial charge on any atom is -0.493 e. The Morgan fingerprint density at radius 1 is 1.17 bits per heavy atom. The maximum atomic E-state index is 6.18. The number of rotatable bonds is 7. The van der Waals surface area contributed by atoms with Crippen LogP contribution in [0.3, 0.4) is 0 Å². The molecule has 2 heteroatoms. The van der Waals surface area contributed by atoms with Crippen molar-refractivity contribution in [1.82, 2.24) is 0 Å². The third kappa shape index (κ3) is 4.02. The summed E-state index contributed by atoms with van der Waals surface area (Å²) in [6.07, 6.45) is 3.19. The van der Waals surface area contributed by atoms with E-state index in [1.165, 1.54) is 11.1 Å². The molecule has 0 saturated heterocycles. The average molecular weight is 249 g/mol. The molecule has 18 heavy (non-hydrogen) atoms. The zero-order valence-electron chi connectivity index (χ0n) is 12.2. The van der Waals surface area contributed by atoms with Crippen LogP contribution in [0.15, 0.2) is 18.2 Å². The van der Waals surface area contributed by atoms with E-state index in [1.54, 1.807) is 0 Å². The first-order valence-corrected chi connectivity index (χ1v) is 7.12. The number of hydrogen-bond acceptors (Lipinski definition) is 2. The van der Waals surface area contributed by atoms with Gasteiger partial charge in [-0.1, -0.05) is 46.2 Å². The van der Waals surface area contributed by atoms with Crippen molar-refractivity contribution in [2.75, 3.05) is 6.61 Å². The molecule has 0 aromatic heterocycles. The van der Waals surface area contributed by atoms with Crippen LogP contribution < -0.4 is 10.5 Å². The lowest BCUT2D eigenvalue weighted by atomic mass is 9.95. The van der Waals surface area contributed by atoms with Crippen LogP contribution in [0.1, 0.15) is 70.0 Å². The molecular weight excluding hydrogens is 222 g/mol. The van der Waals surface area contributed by atoms with Gasteiger partial charge in [-0.25, -0.2) is 0 Å². The summed E-state index contributed by atoms with van der Waals surface area (Å²) in [5.74, 6) is 1.48. The molecule has 0 fully saturated rings. The van der Waals surface area contributed by atoms with E-state index in [2.05, 4.69) is 45.9 Å². The van der Waals surface area contributed by atoms with Gasteiger partial charge in [0.1, 0.15) is 5.75 Å². The van der Waals surface area contributed by atoms with Crippen molar-refractivity contribution in [1.29, 1.82) is 0 Å². The van der Waals surface area contributed by atoms with Gasteiger partial charge in [-0.2, -0.15) is 0 Å². The molecule has 2 nitrogen and oxygen atoms in total. The van der Waals surface area contributed by atoms with E-state index >= 15 is 0 Å². The first-order chi connectivity index (χ1) is 8.60. The van der Waals surface area contributed by atoms with Gasteiger partial charge in [0, 0.05) is 6.04 Å². The number of ether oxygens (including phenoxy) is 1. The molecule has 0 spiro atoms. The van der Waals surface area contributed by atoms with Gasteiger partial charge < -0.3 is 10.5 Å². The van der Waals surface area contributed by atoms with Gasteiger partial charge in [0.2, 0.25) is 0 Å². The lowest BCUT2D eigenvalue weighted by Gasteiger charge is -2.18. The summed E-state index contributed by atoms with van der Waals surface area (Å²) < 4.78 is 5.80. The van der Waals surface area contributed by atoms with Crippen molar-refractivity contribution in [3.8, 4) is 5.75 Å². The van der Waals surface area contributed by atoms with Gasteiger partial charge in [-0.3, -0.25) is 0 Å². The van der Waals surface area contributed by atoms with Crippen LogP contribution >= 0.6 is 0 Å². The SMILES string of the molecule is CCCOc1ccc(C(N)CCC)cc1C(C)C. The molecule has 0 radical (unpaired) electrons. The predicted octanol–water partition coefficient (Wildman–Crippen LogP) is 4.40. The average Bonchev–Trinajstić information content (AvgIpc) is 2.36. The largest absolute Gasteiger partial charge is 0.493 e. The zero-order chi connectivity index (χ0) is 13.5. The van der Waals surface area contributed by atoms with E-state index in [4.69, 9.17) is 10.5 Å². The van der Waals surface area contributed by atoms with Crippen LogP contribution in [0.2, 0.25) is 0 Å². The van der Waals surface area contributed by atoms with Gasteiger partial charge in [-0.05, 0) is 36.0 Å². The maximum Gasteiger partial charge on any atom is 0.122 e. The third-order valence-corrected chi connectivity index (χ3v) is 3.15. The lowest BCUT2D eigenvalue weighted by Crippen LogP contribution is -2.11. The first-order valence-electron chi connectivity index (χ1n) is 7.12. The molecule has 0 saturated carbocycles. The van der Waals surface area contributed by atoms with E-state index in [1.807, 2.05) is 0 Å². The Hall–Kier alpha value is -1.02. The predicted molar refractivity (Wildman–Crippen MR) is 78.2 cm³/mol.